The summed E-state index contributed by atoms with van der Waals surface area (Å²) < 4.78 is 0. The van der Waals surface area contributed by atoms with E-state index < -0.39 is 0 Å². The van der Waals surface area contributed by atoms with Gasteiger partial charge in [-0.05, 0) is 25.0 Å². The highest BCUT2D eigenvalue weighted by atomic mass is 79.9. The minimum atomic E-state index is 0.0812. The molecule has 1 rings (SSSR count). The molecule has 0 unspecified atom stereocenters. The Morgan fingerprint density at radius 2 is 2.13 bits per heavy atom. The number of amides is 1. The summed E-state index contributed by atoms with van der Waals surface area (Å²) >= 11 is 3.25. The Morgan fingerprint density at radius 3 is 2.73 bits per heavy atom. The van der Waals surface area contributed by atoms with Crippen molar-refractivity contribution >= 4 is 21.8 Å². The fourth-order valence-corrected chi connectivity index (χ4v) is 1.91. The van der Waals surface area contributed by atoms with Gasteiger partial charge in [-0.15, -0.1) is 0 Å². The second-order valence-corrected chi connectivity index (χ2v) is 4.38. The molecular formula is C12H16BrNO. The predicted molar refractivity (Wildman–Crippen MR) is 66.1 cm³/mol. The average Bonchev–Trinajstić information content (AvgIpc) is 2.18. The lowest BCUT2D eigenvalue weighted by Crippen LogP contribution is -2.27. The number of halogens is 1. The molecule has 0 saturated heterocycles. The number of rotatable bonds is 4. The van der Waals surface area contributed by atoms with Crippen LogP contribution in [0.2, 0.25) is 0 Å². The second kappa shape index (κ2) is 5.91. The fraction of sp³-hybridized carbons (Fsp3) is 0.417. The molecule has 0 heterocycles. The summed E-state index contributed by atoms with van der Waals surface area (Å²) in [7, 11) is 0. The van der Waals surface area contributed by atoms with Crippen molar-refractivity contribution in [2.24, 2.45) is 0 Å². The molecule has 1 atom stereocenters. The zero-order chi connectivity index (χ0) is 11.3. The molecule has 2 nitrogen and oxygen atoms in total. The van der Waals surface area contributed by atoms with Crippen LogP contribution in [0.15, 0.2) is 24.3 Å². The van der Waals surface area contributed by atoms with Gasteiger partial charge in [0, 0.05) is 11.8 Å². The summed E-state index contributed by atoms with van der Waals surface area (Å²) in [5.41, 5.74) is 2.39. The SMILES string of the molecule is Cc1ccccc1[C@H](C)NC(=O)CCBr. The highest BCUT2D eigenvalue weighted by Crippen LogP contribution is 2.16. The van der Waals surface area contributed by atoms with Crippen LogP contribution in [-0.2, 0) is 4.79 Å². The lowest BCUT2D eigenvalue weighted by Gasteiger charge is -2.16. The Bertz CT molecular complexity index is 338. The van der Waals surface area contributed by atoms with Crippen LogP contribution in [-0.4, -0.2) is 11.2 Å². The van der Waals surface area contributed by atoms with Crippen LogP contribution in [0.3, 0.4) is 0 Å². The monoisotopic (exact) mass is 269 g/mol. The lowest BCUT2D eigenvalue weighted by molar-refractivity contribution is -0.121. The maximum absolute atomic E-state index is 11.4. The Balaban J connectivity index is 2.65. The van der Waals surface area contributed by atoms with Gasteiger partial charge in [-0.3, -0.25) is 4.79 Å². The van der Waals surface area contributed by atoms with Gasteiger partial charge in [0.2, 0.25) is 5.91 Å². The van der Waals surface area contributed by atoms with Gasteiger partial charge in [-0.1, -0.05) is 40.2 Å². The highest BCUT2D eigenvalue weighted by molar-refractivity contribution is 9.09. The third kappa shape index (κ3) is 3.67. The van der Waals surface area contributed by atoms with Gasteiger partial charge in [0.15, 0.2) is 0 Å². The number of benzene rings is 1. The first-order chi connectivity index (χ1) is 7.15. The smallest absolute Gasteiger partial charge is 0.221 e. The first kappa shape index (κ1) is 12.2. The van der Waals surface area contributed by atoms with E-state index in [-0.39, 0.29) is 11.9 Å². The lowest BCUT2D eigenvalue weighted by atomic mass is 10.0. The van der Waals surface area contributed by atoms with E-state index in [4.69, 9.17) is 0 Å². The number of hydrogen-bond donors (Lipinski definition) is 1. The van der Waals surface area contributed by atoms with Crippen molar-refractivity contribution in [1.29, 1.82) is 0 Å². The van der Waals surface area contributed by atoms with E-state index in [9.17, 15) is 4.79 Å². The Labute approximate surface area is 99.2 Å². The minimum Gasteiger partial charge on any atom is -0.350 e. The second-order valence-electron chi connectivity index (χ2n) is 3.58. The Hall–Kier alpha value is -0.830. The molecule has 82 valence electrons. The third-order valence-corrected chi connectivity index (χ3v) is 2.75. The quantitative estimate of drug-likeness (QED) is 0.837. The Morgan fingerprint density at radius 1 is 1.47 bits per heavy atom. The molecule has 0 aromatic heterocycles. The summed E-state index contributed by atoms with van der Waals surface area (Å²) in [6.07, 6.45) is 0.524. The normalized spacial score (nSPS) is 12.2. The van der Waals surface area contributed by atoms with Crippen LogP contribution in [0.4, 0.5) is 0 Å². The van der Waals surface area contributed by atoms with Gasteiger partial charge < -0.3 is 5.32 Å². The average molecular weight is 270 g/mol. The van der Waals surface area contributed by atoms with E-state index in [1.165, 1.54) is 11.1 Å². The van der Waals surface area contributed by atoms with Crippen molar-refractivity contribution in [1.82, 2.24) is 5.32 Å². The molecule has 15 heavy (non-hydrogen) atoms. The van der Waals surface area contributed by atoms with E-state index in [1.807, 2.05) is 19.1 Å². The molecule has 1 aromatic carbocycles. The number of alkyl halides is 1. The number of nitrogens with one attached hydrogen (secondary N) is 1. The number of hydrogen-bond acceptors (Lipinski definition) is 1. The predicted octanol–water partition coefficient (Wildman–Crippen LogP) is 2.96. The molecule has 0 spiro atoms. The fourth-order valence-electron chi connectivity index (χ4n) is 1.55. The highest BCUT2D eigenvalue weighted by Gasteiger charge is 2.10. The van der Waals surface area contributed by atoms with Crippen molar-refractivity contribution in [3.05, 3.63) is 35.4 Å². The van der Waals surface area contributed by atoms with Crippen LogP contribution < -0.4 is 5.32 Å². The van der Waals surface area contributed by atoms with Crippen molar-refractivity contribution < 1.29 is 4.79 Å². The van der Waals surface area contributed by atoms with Gasteiger partial charge in [0.05, 0.1) is 6.04 Å². The van der Waals surface area contributed by atoms with Gasteiger partial charge in [-0.25, -0.2) is 0 Å². The summed E-state index contributed by atoms with van der Waals surface area (Å²) in [4.78, 5) is 11.4. The minimum absolute atomic E-state index is 0.0812. The molecule has 0 saturated carbocycles. The van der Waals surface area contributed by atoms with Crippen LogP contribution in [0.5, 0.6) is 0 Å². The molecule has 1 aromatic rings. The molecule has 0 aliphatic heterocycles. The van der Waals surface area contributed by atoms with Crippen LogP contribution in [0, 0.1) is 6.92 Å². The third-order valence-electron chi connectivity index (χ3n) is 2.35. The molecule has 0 aliphatic carbocycles. The van der Waals surface area contributed by atoms with E-state index in [2.05, 4.69) is 40.3 Å². The molecular weight excluding hydrogens is 254 g/mol. The summed E-state index contributed by atoms with van der Waals surface area (Å²) in [6, 6.07) is 8.19. The van der Waals surface area contributed by atoms with Crippen LogP contribution in [0.1, 0.15) is 30.5 Å². The maximum atomic E-state index is 11.4. The molecule has 0 aliphatic rings. The molecule has 1 amide bonds. The van der Waals surface area contributed by atoms with Crippen molar-refractivity contribution in [3.8, 4) is 0 Å². The van der Waals surface area contributed by atoms with Gasteiger partial charge >= 0.3 is 0 Å². The van der Waals surface area contributed by atoms with Crippen molar-refractivity contribution in [2.75, 3.05) is 5.33 Å². The largest absolute Gasteiger partial charge is 0.350 e. The molecule has 0 bridgehead atoms. The van der Waals surface area contributed by atoms with Crippen molar-refractivity contribution in [3.63, 3.8) is 0 Å². The van der Waals surface area contributed by atoms with Crippen molar-refractivity contribution in [2.45, 2.75) is 26.3 Å². The maximum Gasteiger partial charge on any atom is 0.221 e. The van der Waals surface area contributed by atoms with Gasteiger partial charge in [0.25, 0.3) is 0 Å². The van der Waals surface area contributed by atoms with Gasteiger partial charge in [-0.2, -0.15) is 0 Å². The van der Waals surface area contributed by atoms with E-state index >= 15 is 0 Å². The molecule has 0 fully saturated rings. The topological polar surface area (TPSA) is 29.1 Å². The van der Waals surface area contributed by atoms with E-state index in [0.29, 0.717) is 11.8 Å². The number of carbonyl (C=O) groups is 1. The number of aryl methyl sites for hydroxylation is 1. The molecule has 3 heteroatoms. The first-order valence-electron chi connectivity index (χ1n) is 5.06. The summed E-state index contributed by atoms with van der Waals surface area (Å²) in [6.45, 7) is 4.07. The summed E-state index contributed by atoms with van der Waals surface area (Å²) in [5, 5.41) is 3.68. The molecule has 0 radical (unpaired) electrons. The van der Waals surface area contributed by atoms with Crippen LogP contribution >= 0.6 is 15.9 Å². The zero-order valence-corrected chi connectivity index (χ0v) is 10.7. The van der Waals surface area contributed by atoms with E-state index in [1.54, 1.807) is 0 Å². The summed E-state index contributed by atoms with van der Waals surface area (Å²) in [5.74, 6) is 0.0858. The Kier molecular flexibility index (Phi) is 4.82. The first-order valence-corrected chi connectivity index (χ1v) is 6.18. The standard InChI is InChI=1S/C12H16BrNO/c1-9-5-3-4-6-11(9)10(2)14-12(15)7-8-13/h3-6,10H,7-8H2,1-2H3,(H,14,15)/t10-/m0/s1. The van der Waals surface area contributed by atoms with Crippen LogP contribution in [0.25, 0.3) is 0 Å². The van der Waals surface area contributed by atoms with E-state index in [0.717, 1.165) is 0 Å². The molecule has 1 N–H and O–H groups in total. The zero-order valence-electron chi connectivity index (χ0n) is 9.09. The number of carbonyl (C=O) groups excluding carboxylic acids is 1. The van der Waals surface area contributed by atoms with Gasteiger partial charge in [0.1, 0.15) is 0 Å².